The first kappa shape index (κ1) is 24.4. The highest BCUT2D eigenvalue weighted by atomic mass is 19.4. The van der Waals surface area contributed by atoms with Crippen molar-refractivity contribution in [2.75, 3.05) is 32.1 Å². The highest BCUT2D eigenvalue weighted by Gasteiger charge is 2.26. The average molecular weight is 464 g/mol. The number of urea groups is 1. The summed E-state index contributed by atoms with van der Waals surface area (Å²) in [6.45, 7) is 3.25. The molecule has 0 radical (unpaired) electrons. The Hall–Kier alpha value is -3.23. The van der Waals surface area contributed by atoms with Crippen molar-refractivity contribution in [2.45, 2.75) is 32.4 Å². The molecule has 1 aliphatic heterocycles. The van der Waals surface area contributed by atoms with Crippen LogP contribution >= 0.6 is 0 Å². The molecule has 6 nitrogen and oxygen atoms in total. The molecule has 2 heterocycles. The van der Waals surface area contributed by atoms with Gasteiger partial charge in [0.05, 0.1) is 25.6 Å². The van der Waals surface area contributed by atoms with Crippen LogP contribution in [0.4, 0.5) is 23.7 Å². The molecule has 1 N–H and O–H groups in total. The van der Waals surface area contributed by atoms with Crippen LogP contribution in [0.25, 0.3) is 6.08 Å². The van der Waals surface area contributed by atoms with Crippen LogP contribution in [0.15, 0.2) is 48.2 Å². The number of hydrogen-bond acceptors (Lipinski definition) is 4. The van der Waals surface area contributed by atoms with E-state index in [0.29, 0.717) is 30.4 Å². The summed E-state index contributed by atoms with van der Waals surface area (Å²) in [7, 11) is 1.53. The molecule has 1 atom stereocenters. The molecule has 9 heteroatoms. The highest BCUT2D eigenvalue weighted by Crippen LogP contribution is 2.27. The Morgan fingerprint density at radius 1 is 1.30 bits per heavy atom. The number of methoxy groups -OCH3 is 1. The van der Waals surface area contributed by atoms with Crippen LogP contribution in [0, 0.1) is 5.92 Å². The summed E-state index contributed by atoms with van der Waals surface area (Å²) < 4.78 is 47.3. The normalized spacial score (nSPS) is 17.7. The molecule has 3 rings (SSSR count). The molecular weight excluding hydrogens is 435 g/mol. The molecule has 1 saturated heterocycles. The van der Waals surface area contributed by atoms with E-state index in [4.69, 9.17) is 9.47 Å². The summed E-state index contributed by atoms with van der Waals surface area (Å²) in [6.07, 6.45) is -0.748. The van der Waals surface area contributed by atoms with Crippen LogP contribution in [0.5, 0.6) is 11.6 Å². The quantitative estimate of drug-likeness (QED) is 0.530. The van der Waals surface area contributed by atoms with Crippen molar-refractivity contribution in [3.05, 3.63) is 53.7 Å². The number of benzene rings is 1. The van der Waals surface area contributed by atoms with Crippen LogP contribution in [-0.4, -0.2) is 48.9 Å². The van der Waals surface area contributed by atoms with Crippen molar-refractivity contribution in [2.24, 2.45) is 5.92 Å². The molecule has 1 aromatic heterocycles. The number of carbonyl (C=O) groups excluding carboxylic acids is 1. The maximum atomic E-state index is 12.6. The van der Waals surface area contributed by atoms with Crippen LogP contribution in [0.2, 0.25) is 0 Å². The van der Waals surface area contributed by atoms with Gasteiger partial charge in [-0.25, -0.2) is 9.78 Å². The van der Waals surface area contributed by atoms with Gasteiger partial charge in [-0.2, -0.15) is 13.2 Å². The van der Waals surface area contributed by atoms with Crippen LogP contribution < -0.4 is 14.8 Å². The topological polar surface area (TPSA) is 63.7 Å². The zero-order valence-electron chi connectivity index (χ0n) is 18.7. The lowest BCUT2D eigenvalue weighted by molar-refractivity contribution is -0.136. The van der Waals surface area contributed by atoms with Gasteiger partial charge in [-0.3, -0.25) is 0 Å². The second-order valence-electron chi connectivity index (χ2n) is 7.98. The Labute approximate surface area is 191 Å². The van der Waals surface area contributed by atoms with Crippen LogP contribution in [0.3, 0.4) is 0 Å². The lowest BCUT2D eigenvalue weighted by atomic mass is 9.91. The van der Waals surface area contributed by atoms with E-state index >= 15 is 0 Å². The fourth-order valence-corrected chi connectivity index (χ4v) is 3.60. The summed E-state index contributed by atoms with van der Waals surface area (Å²) in [5.74, 6) is 1.18. The smallest absolute Gasteiger partial charge is 0.389 e. The molecule has 0 spiro atoms. The number of anilines is 1. The minimum atomic E-state index is -4.16. The van der Waals surface area contributed by atoms with E-state index in [1.54, 1.807) is 29.3 Å². The van der Waals surface area contributed by atoms with Gasteiger partial charge >= 0.3 is 12.2 Å². The molecule has 0 saturated carbocycles. The van der Waals surface area contributed by atoms with E-state index in [9.17, 15) is 18.0 Å². The number of aromatic nitrogens is 1. The first-order valence-corrected chi connectivity index (χ1v) is 10.8. The van der Waals surface area contributed by atoms with Gasteiger partial charge in [-0.05, 0) is 42.5 Å². The lowest BCUT2D eigenvalue weighted by Gasteiger charge is -2.33. The van der Waals surface area contributed by atoms with Crippen molar-refractivity contribution in [1.82, 2.24) is 9.88 Å². The number of halogens is 3. The van der Waals surface area contributed by atoms with Gasteiger partial charge in [-0.1, -0.05) is 30.7 Å². The minimum absolute atomic E-state index is 0.0176. The van der Waals surface area contributed by atoms with Gasteiger partial charge in [0.2, 0.25) is 5.88 Å². The number of nitrogens with one attached hydrogen (secondary N) is 1. The van der Waals surface area contributed by atoms with Gasteiger partial charge in [0.1, 0.15) is 5.75 Å². The Bertz CT molecular complexity index is 961. The molecule has 1 fully saturated rings. The fraction of sp³-hybridized carbons (Fsp3) is 0.417. The zero-order chi connectivity index (χ0) is 23.8. The average Bonchev–Trinajstić information content (AvgIpc) is 2.78. The molecule has 178 valence electrons. The number of rotatable bonds is 7. The molecule has 1 aliphatic rings. The number of nitrogens with zero attached hydrogens (tertiary/aromatic N) is 2. The summed E-state index contributed by atoms with van der Waals surface area (Å²) in [4.78, 5) is 18.5. The summed E-state index contributed by atoms with van der Waals surface area (Å²) in [5.41, 5.74) is 2.73. The summed E-state index contributed by atoms with van der Waals surface area (Å²) in [6, 6.07) is 10.6. The largest absolute Gasteiger partial charge is 0.494 e. The maximum absolute atomic E-state index is 12.6. The number of ether oxygens (including phenoxy) is 2. The minimum Gasteiger partial charge on any atom is -0.494 e. The highest BCUT2D eigenvalue weighted by molar-refractivity contribution is 5.89. The first-order chi connectivity index (χ1) is 15.7. The number of amides is 2. The number of likely N-dealkylation sites (tertiary alicyclic amines) is 1. The SMILES string of the molecule is COc1ccc(NC(=O)N2CCC(=Cc3cccc(OCCCC(F)(F)F)c3)C(C)C2)cn1. The summed E-state index contributed by atoms with van der Waals surface area (Å²) in [5, 5.41) is 2.85. The van der Waals surface area contributed by atoms with Gasteiger partial charge in [-0.15, -0.1) is 0 Å². The second kappa shape index (κ2) is 11.1. The Kier molecular flexibility index (Phi) is 8.19. The molecule has 0 aliphatic carbocycles. The fourth-order valence-electron chi connectivity index (χ4n) is 3.60. The Morgan fingerprint density at radius 3 is 2.79 bits per heavy atom. The van der Waals surface area contributed by atoms with Gasteiger partial charge in [0, 0.05) is 25.6 Å². The first-order valence-electron chi connectivity index (χ1n) is 10.8. The molecular formula is C24H28F3N3O3. The number of hydrogen-bond donors (Lipinski definition) is 1. The third-order valence-electron chi connectivity index (χ3n) is 5.37. The lowest BCUT2D eigenvalue weighted by Crippen LogP contribution is -2.42. The van der Waals surface area contributed by atoms with E-state index in [1.165, 1.54) is 12.7 Å². The van der Waals surface area contributed by atoms with Gasteiger partial charge in [0.15, 0.2) is 0 Å². The number of alkyl halides is 3. The predicted molar refractivity (Wildman–Crippen MR) is 120 cm³/mol. The molecule has 33 heavy (non-hydrogen) atoms. The van der Waals surface area contributed by atoms with E-state index in [0.717, 1.165) is 12.0 Å². The zero-order valence-corrected chi connectivity index (χ0v) is 18.7. The third-order valence-corrected chi connectivity index (χ3v) is 5.37. The standard InChI is InChI=1S/C24H28F3N3O3/c1-17-16-30(23(31)29-20-7-8-22(32-2)28-15-20)11-9-19(17)13-18-5-3-6-21(14-18)33-12-4-10-24(25,26)27/h3,5-8,13-15,17H,4,9-12,16H2,1-2H3,(H,29,31). The monoisotopic (exact) mass is 463 g/mol. The van der Waals surface area contributed by atoms with Crippen LogP contribution in [0.1, 0.15) is 31.7 Å². The van der Waals surface area contributed by atoms with Crippen molar-refractivity contribution >= 4 is 17.8 Å². The molecule has 1 aromatic carbocycles. The van der Waals surface area contributed by atoms with E-state index < -0.39 is 12.6 Å². The third kappa shape index (κ3) is 7.69. The molecule has 0 bridgehead atoms. The molecule has 2 aromatic rings. The van der Waals surface area contributed by atoms with E-state index in [1.807, 2.05) is 18.2 Å². The second-order valence-corrected chi connectivity index (χ2v) is 7.98. The van der Waals surface area contributed by atoms with Crippen molar-refractivity contribution in [3.63, 3.8) is 0 Å². The Morgan fingerprint density at radius 2 is 2.12 bits per heavy atom. The molecule has 2 amide bonds. The maximum Gasteiger partial charge on any atom is 0.389 e. The predicted octanol–water partition coefficient (Wildman–Crippen LogP) is 5.77. The van der Waals surface area contributed by atoms with Crippen molar-refractivity contribution < 1.29 is 27.4 Å². The van der Waals surface area contributed by atoms with Crippen LogP contribution in [-0.2, 0) is 0 Å². The van der Waals surface area contributed by atoms with E-state index in [-0.39, 0.29) is 25.0 Å². The van der Waals surface area contributed by atoms with Crippen molar-refractivity contribution in [3.8, 4) is 11.6 Å². The van der Waals surface area contributed by atoms with Gasteiger partial charge < -0.3 is 19.7 Å². The van der Waals surface area contributed by atoms with Crippen molar-refractivity contribution in [1.29, 1.82) is 0 Å². The van der Waals surface area contributed by atoms with E-state index in [2.05, 4.69) is 23.3 Å². The van der Waals surface area contributed by atoms with Gasteiger partial charge in [0.25, 0.3) is 0 Å². The summed E-state index contributed by atoms with van der Waals surface area (Å²) >= 11 is 0. The molecule has 1 unspecified atom stereocenters. The number of carbonyl (C=O) groups is 1. The number of pyridine rings is 1. The number of piperidine rings is 1. The Balaban J connectivity index is 1.53.